The van der Waals surface area contributed by atoms with Crippen molar-refractivity contribution in [2.45, 2.75) is 13.0 Å². The van der Waals surface area contributed by atoms with Crippen LogP contribution in [0.25, 0.3) is 16.5 Å². The van der Waals surface area contributed by atoms with Crippen molar-refractivity contribution in [2.75, 3.05) is 6.54 Å². The molecule has 3 aromatic carbocycles. The van der Waals surface area contributed by atoms with Gasteiger partial charge in [-0.1, -0.05) is 42.5 Å². The molecule has 1 aromatic heterocycles. The van der Waals surface area contributed by atoms with Gasteiger partial charge in [0.1, 0.15) is 18.2 Å². The van der Waals surface area contributed by atoms with E-state index in [0.29, 0.717) is 30.0 Å². The summed E-state index contributed by atoms with van der Waals surface area (Å²) in [6, 6.07) is 20.6. The second-order valence-corrected chi connectivity index (χ2v) is 8.03. The normalized spacial score (nSPS) is 13.2. The van der Waals surface area contributed by atoms with Gasteiger partial charge in [0.15, 0.2) is 0 Å². The summed E-state index contributed by atoms with van der Waals surface area (Å²) in [6.45, 7) is 0.660. The highest BCUT2D eigenvalue weighted by Gasteiger charge is 2.27. The number of nitrogens with zero attached hydrogens (tertiary/aromatic N) is 1. The quantitative estimate of drug-likeness (QED) is 0.442. The first-order valence-electron chi connectivity index (χ1n) is 10.8. The number of nitrogens with one attached hydrogen (secondary N) is 1. The molecule has 1 aliphatic rings. The Bertz CT molecular complexity index is 1410. The molecular weight excluding hydrogens is 435 g/mol. The zero-order valence-electron chi connectivity index (χ0n) is 18.1. The molecule has 2 N–H and O–H groups in total. The van der Waals surface area contributed by atoms with Gasteiger partial charge in [-0.05, 0) is 47.9 Å². The Morgan fingerprint density at radius 1 is 1.00 bits per heavy atom. The summed E-state index contributed by atoms with van der Waals surface area (Å²) in [5, 5.41) is 10.8. The van der Waals surface area contributed by atoms with Gasteiger partial charge in [-0.2, -0.15) is 0 Å². The van der Waals surface area contributed by atoms with Crippen LogP contribution in [0.15, 0.2) is 79.0 Å². The third-order valence-corrected chi connectivity index (χ3v) is 5.88. The van der Waals surface area contributed by atoms with Crippen molar-refractivity contribution >= 4 is 28.4 Å². The van der Waals surface area contributed by atoms with E-state index in [9.17, 15) is 19.1 Å². The monoisotopic (exact) mass is 456 g/mol. The van der Waals surface area contributed by atoms with E-state index >= 15 is 0 Å². The Labute approximate surface area is 194 Å². The van der Waals surface area contributed by atoms with E-state index in [1.54, 1.807) is 0 Å². The lowest BCUT2D eigenvalue weighted by Gasteiger charge is -2.17. The summed E-state index contributed by atoms with van der Waals surface area (Å²) < 4.78 is 19.3. The average Bonchev–Trinajstić information content (AvgIpc) is 3.11. The molecule has 1 aliphatic heterocycles. The number of hydrogen-bond acceptors (Lipinski definition) is 3. The third kappa shape index (κ3) is 4.03. The largest absolute Gasteiger partial charge is 0.487 e. The Morgan fingerprint density at radius 3 is 2.50 bits per heavy atom. The van der Waals surface area contributed by atoms with Gasteiger partial charge in [-0.3, -0.25) is 4.79 Å². The Hall–Kier alpha value is -4.39. The van der Waals surface area contributed by atoms with E-state index in [1.807, 2.05) is 48.5 Å². The maximum atomic E-state index is 13.3. The molecule has 1 amide bonds. The molecule has 0 bridgehead atoms. The minimum atomic E-state index is -1.15. The molecule has 5 rings (SSSR count). The molecule has 2 heterocycles. The topological polar surface area (TPSA) is 82.6 Å². The van der Waals surface area contributed by atoms with Crippen LogP contribution in [0.1, 0.15) is 27.2 Å². The summed E-state index contributed by atoms with van der Waals surface area (Å²) in [5.41, 5.74) is 3.26. The van der Waals surface area contributed by atoms with Crippen molar-refractivity contribution in [1.29, 1.82) is 0 Å². The minimum Gasteiger partial charge on any atom is -0.487 e. The number of amides is 1. The van der Waals surface area contributed by atoms with Crippen molar-refractivity contribution in [3.8, 4) is 5.75 Å². The Morgan fingerprint density at radius 2 is 1.76 bits per heavy atom. The molecule has 4 aromatic rings. The summed E-state index contributed by atoms with van der Waals surface area (Å²) in [6.07, 6.45) is 1.79. The number of aliphatic carboxylic acids is 1. The predicted molar refractivity (Wildman–Crippen MR) is 126 cm³/mol. The molecule has 6 nitrogen and oxygen atoms in total. The smallest absolute Gasteiger partial charge is 0.339 e. The van der Waals surface area contributed by atoms with Crippen molar-refractivity contribution in [2.24, 2.45) is 0 Å². The first-order valence-corrected chi connectivity index (χ1v) is 10.8. The number of carbonyl (C=O) groups is 2. The number of carboxylic acids is 1. The molecule has 0 aliphatic carbocycles. The van der Waals surface area contributed by atoms with Crippen LogP contribution < -0.4 is 4.74 Å². The summed E-state index contributed by atoms with van der Waals surface area (Å²) in [4.78, 5) is 29.8. The predicted octanol–water partition coefficient (Wildman–Crippen LogP) is 5.01. The first kappa shape index (κ1) is 21.5. The fourth-order valence-corrected chi connectivity index (χ4v) is 4.19. The first-order chi connectivity index (χ1) is 16.5. The van der Waals surface area contributed by atoms with Crippen LogP contribution in [0, 0.1) is 5.82 Å². The minimum absolute atomic E-state index is 0.0202. The number of rotatable bonds is 5. The number of fused-ring (bicyclic) bond motifs is 3. The molecular formula is C27H21FN2O4. The number of para-hydroxylation sites is 1. The standard InChI is InChI=1S/C27H21FN2O4/c28-19-11-9-18(10-12-19)26(31)30-14-13-21-20-7-4-8-23(34-16-17-5-2-1-3-6-17)25(20)29-24(21)22(15-30)27(32)33/h1-12,15,29H,13-14,16H2,(H,32,33). The van der Waals surface area contributed by atoms with Crippen molar-refractivity contribution in [3.63, 3.8) is 0 Å². The van der Waals surface area contributed by atoms with Gasteiger partial charge in [0.05, 0.1) is 16.8 Å². The number of aromatic nitrogens is 1. The fourth-order valence-electron chi connectivity index (χ4n) is 4.19. The highest BCUT2D eigenvalue weighted by Crippen LogP contribution is 2.35. The molecule has 0 unspecified atom stereocenters. The van der Waals surface area contributed by atoms with E-state index in [0.717, 1.165) is 16.5 Å². The van der Waals surface area contributed by atoms with Crippen molar-refractivity contribution in [3.05, 3.63) is 107 Å². The van der Waals surface area contributed by atoms with Crippen LogP contribution >= 0.6 is 0 Å². The van der Waals surface area contributed by atoms with Crippen molar-refractivity contribution < 1.29 is 23.8 Å². The van der Waals surface area contributed by atoms with Crippen LogP contribution in [-0.2, 0) is 17.8 Å². The van der Waals surface area contributed by atoms with Crippen LogP contribution in [-0.4, -0.2) is 33.4 Å². The molecule has 7 heteroatoms. The number of carboxylic acid groups (broad SMARTS) is 1. The number of hydrogen-bond donors (Lipinski definition) is 2. The lowest BCUT2D eigenvalue weighted by atomic mass is 10.0. The van der Waals surface area contributed by atoms with Gasteiger partial charge >= 0.3 is 5.97 Å². The second-order valence-electron chi connectivity index (χ2n) is 8.03. The summed E-state index contributed by atoms with van der Waals surface area (Å²) in [7, 11) is 0. The molecule has 0 atom stereocenters. The maximum Gasteiger partial charge on any atom is 0.339 e. The Kier molecular flexibility index (Phi) is 5.59. The zero-order valence-corrected chi connectivity index (χ0v) is 18.1. The van der Waals surface area contributed by atoms with Gasteiger partial charge < -0.3 is 19.7 Å². The van der Waals surface area contributed by atoms with Crippen LogP contribution in [0.4, 0.5) is 4.39 Å². The average molecular weight is 456 g/mol. The van der Waals surface area contributed by atoms with Gasteiger partial charge in [0.25, 0.3) is 5.91 Å². The number of carbonyl (C=O) groups excluding carboxylic acids is 1. The zero-order chi connectivity index (χ0) is 23.7. The maximum absolute atomic E-state index is 13.3. The second kappa shape index (κ2) is 8.86. The van der Waals surface area contributed by atoms with Gasteiger partial charge in [-0.25, -0.2) is 9.18 Å². The summed E-state index contributed by atoms with van der Waals surface area (Å²) >= 11 is 0. The van der Waals surface area contributed by atoms with Crippen LogP contribution in [0.3, 0.4) is 0 Å². The molecule has 0 spiro atoms. The number of H-pyrrole nitrogens is 1. The number of benzene rings is 3. The molecule has 0 saturated heterocycles. The lowest BCUT2D eigenvalue weighted by Crippen LogP contribution is -2.27. The number of aromatic amines is 1. The SMILES string of the molecule is O=C(O)C1=CN(C(=O)c2ccc(F)cc2)CCc2c1[nH]c1c(OCc3ccccc3)cccc21. The molecule has 34 heavy (non-hydrogen) atoms. The number of halogens is 1. The molecule has 170 valence electrons. The summed E-state index contributed by atoms with van der Waals surface area (Å²) in [5.74, 6) is -1.36. The Balaban J connectivity index is 1.51. The van der Waals surface area contributed by atoms with Gasteiger partial charge in [0, 0.05) is 23.7 Å². The molecule has 0 fully saturated rings. The lowest BCUT2D eigenvalue weighted by molar-refractivity contribution is -0.130. The fraction of sp³-hybridized carbons (Fsp3) is 0.111. The molecule has 0 radical (unpaired) electrons. The van der Waals surface area contributed by atoms with E-state index in [4.69, 9.17) is 4.74 Å². The van der Waals surface area contributed by atoms with Crippen LogP contribution in [0.2, 0.25) is 0 Å². The van der Waals surface area contributed by atoms with Crippen LogP contribution in [0.5, 0.6) is 5.75 Å². The van der Waals surface area contributed by atoms with Crippen molar-refractivity contribution in [1.82, 2.24) is 9.88 Å². The highest BCUT2D eigenvalue weighted by atomic mass is 19.1. The van der Waals surface area contributed by atoms with E-state index in [2.05, 4.69) is 4.98 Å². The van der Waals surface area contributed by atoms with E-state index in [1.165, 1.54) is 35.4 Å². The highest BCUT2D eigenvalue weighted by molar-refractivity contribution is 6.17. The van der Waals surface area contributed by atoms with E-state index < -0.39 is 11.8 Å². The third-order valence-electron chi connectivity index (χ3n) is 5.88. The van der Waals surface area contributed by atoms with Gasteiger partial charge in [-0.15, -0.1) is 0 Å². The van der Waals surface area contributed by atoms with Gasteiger partial charge in [0.2, 0.25) is 0 Å². The van der Waals surface area contributed by atoms with E-state index in [-0.39, 0.29) is 23.6 Å². The molecule has 0 saturated carbocycles. The number of ether oxygens (including phenoxy) is 1.